The molecule has 0 unspecified atom stereocenters. The first-order chi connectivity index (χ1) is 16.3. The molecule has 0 saturated carbocycles. The summed E-state index contributed by atoms with van der Waals surface area (Å²) in [7, 11) is 0. The third-order valence-electron chi connectivity index (χ3n) is 5.54. The molecule has 1 aliphatic heterocycles. The predicted octanol–water partition coefficient (Wildman–Crippen LogP) is 4.32. The molecule has 1 amide bonds. The van der Waals surface area contributed by atoms with Crippen molar-refractivity contribution in [1.29, 1.82) is 0 Å². The van der Waals surface area contributed by atoms with Gasteiger partial charge in [0.25, 0.3) is 0 Å². The number of pyridine rings is 1. The Bertz CT molecular complexity index is 1210. The molecule has 0 radical (unpaired) electrons. The maximum atomic E-state index is 12.8. The van der Waals surface area contributed by atoms with Gasteiger partial charge in [-0.15, -0.1) is 0 Å². The second-order valence-electron chi connectivity index (χ2n) is 8.06. The number of anilines is 3. The summed E-state index contributed by atoms with van der Waals surface area (Å²) in [5.74, 6) is 1.67. The second kappa shape index (κ2) is 10.4. The van der Waals surface area contributed by atoms with Crippen molar-refractivity contribution in [2.45, 2.75) is 20.3 Å². The van der Waals surface area contributed by atoms with Crippen LogP contribution in [0.3, 0.4) is 0 Å². The zero-order valence-corrected chi connectivity index (χ0v) is 20.4. The number of carbonyl (C=O) groups excluding carboxylic acids is 2. The van der Waals surface area contributed by atoms with E-state index in [1.165, 1.54) is 0 Å². The molecule has 1 fully saturated rings. The number of nitrogens with zero attached hydrogens (tertiary/aromatic N) is 5. The summed E-state index contributed by atoms with van der Waals surface area (Å²) in [6, 6.07) is 10.4. The maximum absolute atomic E-state index is 12.8. The lowest BCUT2D eigenvalue weighted by Crippen LogP contribution is -2.48. The Hall–Kier alpha value is -3.23. The van der Waals surface area contributed by atoms with E-state index in [-0.39, 0.29) is 18.1 Å². The van der Waals surface area contributed by atoms with Crippen molar-refractivity contribution >= 4 is 52.5 Å². The van der Waals surface area contributed by atoms with Gasteiger partial charge in [-0.1, -0.05) is 29.3 Å². The SMILES string of the molecule is CC(=O)N1CCN(c2nc(C)cc(Nc3cc(CC(=O)c4c(Cl)cccc4Cl)ccn3)n2)CC1. The molecule has 10 heteroatoms. The minimum Gasteiger partial charge on any atom is -0.339 e. The quantitative estimate of drug-likeness (QED) is 0.505. The number of benzene rings is 1. The van der Waals surface area contributed by atoms with Crippen molar-refractivity contribution in [2.24, 2.45) is 0 Å². The molecule has 34 heavy (non-hydrogen) atoms. The summed E-state index contributed by atoms with van der Waals surface area (Å²) in [5.41, 5.74) is 1.89. The van der Waals surface area contributed by atoms with Crippen LogP contribution in [0.15, 0.2) is 42.6 Å². The van der Waals surface area contributed by atoms with Gasteiger partial charge < -0.3 is 15.1 Å². The van der Waals surface area contributed by atoms with Crippen LogP contribution in [-0.4, -0.2) is 57.7 Å². The summed E-state index contributed by atoms with van der Waals surface area (Å²) in [4.78, 5) is 41.8. The van der Waals surface area contributed by atoms with Gasteiger partial charge in [0.15, 0.2) is 5.78 Å². The van der Waals surface area contributed by atoms with Gasteiger partial charge in [-0.25, -0.2) is 9.97 Å². The number of piperazine rings is 1. The molecule has 2 aromatic heterocycles. The number of aryl methyl sites for hydroxylation is 1. The van der Waals surface area contributed by atoms with Gasteiger partial charge in [0, 0.05) is 57.5 Å². The van der Waals surface area contributed by atoms with Crippen LogP contribution in [0, 0.1) is 6.92 Å². The Morgan fingerprint density at radius 1 is 1.00 bits per heavy atom. The molecule has 8 nitrogen and oxygen atoms in total. The van der Waals surface area contributed by atoms with Crippen molar-refractivity contribution in [3.8, 4) is 0 Å². The Morgan fingerprint density at radius 2 is 1.71 bits per heavy atom. The summed E-state index contributed by atoms with van der Waals surface area (Å²) in [5, 5.41) is 3.87. The van der Waals surface area contributed by atoms with E-state index >= 15 is 0 Å². The number of halogens is 2. The molecule has 0 atom stereocenters. The first-order valence-corrected chi connectivity index (χ1v) is 11.6. The molecule has 1 aliphatic rings. The fourth-order valence-electron chi connectivity index (χ4n) is 3.80. The van der Waals surface area contributed by atoms with Gasteiger partial charge >= 0.3 is 0 Å². The van der Waals surface area contributed by atoms with E-state index < -0.39 is 0 Å². The third-order valence-corrected chi connectivity index (χ3v) is 6.17. The van der Waals surface area contributed by atoms with Crippen LogP contribution in [0.2, 0.25) is 10.0 Å². The number of aromatic nitrogens is 3. The van der Waals surface area contributed by atoms with Crippen LogP contribution < -0.4 is 10.2 Å². The largest absolute Gasteiger partial charge is 0.339 e. The van der Waals surface area contributed by atoms with E-state index in [0.717, 1.165) is 11.3 Å². The molecule has 1 saturated heterocycles. The number of rotatable bonds is 6. The second-order valence-corrected chi connectivity index (χ2v) is 8.87. The van der Waals surface area contributed by atoms with Crippen LogP contribution in [0.4, 0.5) is 17.6 Å². The molecule has 1 N–H and O–H groups in total. The zero-order valence-electron chi connectivity index (χ0n) is 18.9. The Balaban J connectivity index is 1.48. The lowest BCUT2D eigenvalue weighted by atomic mass is 10.0. The molecule has 3 heterocycles. The zero-order chi connectivity index (χ0) is 24.2. The standard InChI is InChI=1S/C24H24Cl2N6O2/c1-15-12-22(30-24(28-15)32-10-8-31(9-11-32)16(2)33)29-21-14-17(6-7-27-21)13-20(34)23-18(25)4-3-5-19(23)26/h3-7,12,14H,8-11,13H2,1-2H3,(H,27,28,29,30). The average Bonchev–Trinajstić information content (AvgIpc) is 2.79. The highest BCUT2D eigenvalue weighted by atomic mass is 35.5. The molecular formula is C24H24Cl2N6O2. The highest BCUT2D eigenvalue weighted by Crippen LogP contribution is 2.26. The minimum atomic E-state index is -0.169. The molecule has 0 bridgehead atoms. The summed E-state index contributed by atoms with van der Waals surface area (Å²) in [6.45, 7) is 6.10. The highest BCUT2D eigenvalue weighted by Gasteiger charge is 2.21. The van der Waals surface area contributed by atoms with Crippen molar-refractivity contribution < 1.29 is 9.59 Å². The van der Waals surface area contributed by atoms with Gasteiger partial charge in [-0.05, 0) is 36.8 Å². The monoisotopic (exact) mass is 498 g/mol. The van der Waals surface area contributed by atoms with Crippen LogP contribution in [0.5, 0.6) is 0 Å². The van der Waals surface area contributed by atoms with Crippen molar-refractivity contribution in [3.63, 3.8) is 0 Å². The number of ketones is 1. The number of hydrogen-bond acceptors (Lipinski definition) is 7. The van der Waals surface area contributed by atoms with Crippen LogP contribution in [0.25, 0.3) is 0 Å². The normalized spacial score (nSPS) is 13.6. The predicted molar refractivity (Wildman–Crippen MR) is 133 cm³/mol. The number of amides is 1. The Morgan fingerprint density at radius 3 is 2.38 bits per heavy atom. The van der Waals surface area contributed by atoms with Crippen molar-refractivity contribution in [1.82, 2.24) is 19.9 Å². The summed E-state index contributed by atoms with van der Waals surface area (Å²) >= 11 is 12.4. The number of nitrogens with one attached hydrogen (secondary N) is 1. The van der Waals surface area contributed by atoms with E-state index in [9.17, 15) is 9.59 Å². The van der Waals surface area contributed by atoms with Crippen LogP contribution >= 0.6 is 23.2 Å². The van der Waals surface area contributed by atoms with E-state index in [0.29, 0.717) is 59.4 Å². The number of Topliss-reactive ketones (excluding diaryl/α,β-unsaturated/α-hetero) is 1. The van der Waals surface area contributed by atoms with Crippen LogP contribution in [-0.2, 0) is 11.2 Å². The number of carbonyl (C=O) groups is 2. The smallest absolute Gasteiger partial charge is 0.227 e. The summed E-state index contributed by atoms with van der Waals surface area (Å²) in [6.07, 6.45) is 1.77. The Kier molecular flexibility index (Phi) is 7.29. The van der Waals surface area contributed by atoms with E-state index in [4.69, 9.17) is 23.2 Å². The molecule has 4 rings (SSSR count). The third kappa shape index (κ3) is 5.63. The molecular weight excluding hydrogens is 475 g/mol. The highest BCUT2D eigenvalue weighted by molar-refractivity contribution is 6.39. The van der Waals surface area contributed by atoms with Gasteiger partial charge in [0.05, 0.1) is 15.6 Å². The van der Waals surface area contributed by atoms with E-state index in [1.807, 2.05) is 17.9 Å². The lowest BCUT2D eigenvalue weighted by molar-refractivity contribution is -0.129. The van der Waals surface area contributed by atoms with Gasteiger partial charge in [-0.3, -0.25) is 9.59 Å². The molecule has 1 aromatic carbocycles. The molecule has 0 spiro atoms. The van der Waals surface area contributed by atoms with Gasteiger partial charge in [0.2, 0.25) is 11.9 Å². The van der Waals surface area contributed by atoms with Gasteiger partial charge in [0.1, 0.15) is 11.6 Å². The molecule has 0 aliphatic carbocycles. The fourth-order valence-corrected chi connectivity index (χ4v) is 4.41. The van der Waals surface area contributed by atoms with E-state index in [2.05, 4.69) is 25.2 Å². The van der Waals surface area contributed by atoms with Crippen molar-refractivity contribution in [2.75, 3.05) is 36.4 Å². The first-order valence-electron chi connectivity index (χ1n) is 10.9. The fraction of sp³-hybridized carbons (Fsp3) is 0.292. The maximum Gasteiger partial charge on any atom is 0.227 e. The topological polar surface area (TPSA) is 91.3 Å². The van der Waals surface area contributed by atoms with Gasteiger partial charge in [-0.2, -0.15) is 4.98 Å². The van der Waals surface area contributed by atoms with E-state index in [1.54, 1.807) is 43.5 Å². The number of hydrogen-bond donors (Lipinski definition) is 1. The summed E-state index contributed by atoms with van der Waals surface area (Å²) < 4.78 is 0. The molecule has 3 aromatic rings. The first kappa shape index (κ1) is 23.9. The van der Waals surface area contributed by atoms with Crippen LogP contribution in [0.1, 0.15) is 28.5 Å². The average molecular weight is 499 g/mol. The Labute approximate surface area is 207 Å². The lowest BCUT2D eigenvalue weighted by Gasteiger charge is -2.34. The minimum absolute atomic E-state index is 0.0772. The van der Waals surface area contributed by atoms with Crippen molar-refractivity contribution in [3.05, 3.63) is 69.5 Å². The molecule has 176 valence electrons.